The first-order chi connectivity index (χ1) is 8.26. The number of carbonyl (C=O) groups excluding carboxylic acids is 1. The molecule has 1 aliphatic carbocycles. The molecule has 0 bridgehead atoms. The lowest BCUT2D eigenvalue weighted by molar-refractivity contribution is -0.162. The molecule has 1 fully saturated rings. The average molecular weight is 268 g/mol. The van der Waals surface area contributed by atoms with Crippen LogP contribution in [0.15, 0.2) is 0 Å². The molecule has 106 valence electrons. The summed E-state index contributed by atoms with van der Waals surface area (Å²) in [6.07, 6.45) is -1.40. The first-order valence-corrected chi connectivity index (χ1v) is 6.00. The van der Waals surface area contributed by atoms with Crippen molar-refractivity contribution in [2.45, 2.75) is 43.8 Å². The molecule has 0 radical (unpaired) electrons. The number of carbonyl (C=O) groups is 1. The average Bonchev–Trinajstić information content (AvgIpc) is 2.62. The molecule has 0 aromatic heterocycles. The van der Waals surface area contributed by atoms with Gasteiger partial charge in [0.05, 0.1) is 6.61 Å². The second-order valence-corrected chi connectivity index (χ2v) is 4.90. The number of hydrogen-bond acceptors (Lipinski definition) is 3. The van der Waals surface area contributed by atoms with Gasteiger partial charge >= 0.3 is 6.18 Å². The van der Waals surface area contributed by atoms with Crippen molar-refractivity contribution in [2.24, 2.45) is 5.73 Å². The van der Waals surface area contributed by atoms with Gasteiger partial charge in [-0.25, -0.2) is 0 Å². The lowest BCUT2D eigenvalue weighted by Gasteiger charge is -2.28. The van der Waals surface area contributed by atoms with Crippen molar-refractivity contribution in [3.8, 4) is 0 Å². The van der Waals surface area contributed by atoms with E-state index >= 15 is 0 Å². The van der Waals surface area contributed by atoms with E-state index in [-0.39, 0.29) is 13.0 Å². The maximum absolute atomic E-state index is 12.3. The van der Waals surface area contributed by atoms with E-state index in [0.717, 1.165) is 12.8 Å². The Bertz CT molecular complexity index is 289. The summed E-state index contributed by atoms with van der Waals surface area (Å²) in [6.45, 7) is -2.13. The zero-order valence-corrected chi connectivity index (χ0v) is 10.2. The Balaban J connectivity index is 2.59. The summed E-state index contributed by atoms with van der Waals surface area (Å²) < 4.78 is 36.9. The minimum absolute atomic E-state index is 0.0803. The molecule has 0 aromatic carbocycles. The Morgan fingerprint density at radius 3 is 2.33 bits per heavy atom. The summed E-state index contributed by atoms with van der Waals surface area (Å²) in [5.41, 5.74) is 5.30. The zero-order valence-electron chi connectivity index (χ0n) is 10.2. The van der Waals surface area contributed by atoms with E-state index in [4.69, 9.17) is 10.8 Å². The standard InChI is InChI=1S/C11H19F3N2O2/c12-11(13,14)8-16(5-6-17)9(18)7-10(15)3-1-2-4-10/h17H,1-8,15H2. The van der Waals surface area contributed by atoms with Crippen LogP contribution in [0.3, 0.4) is 0 Å². The number of hydrogen-bond donors (Lipinski definition) is 2. The third-order valence-electron chi connectivity index (χ3n) is 3.20. The monoisotopic (exact) mass is 268 g/mol. The van der Waals surface area contributed by atoms with Crippen molar-refractivity contribution in [1.29, 1.82) is 0 Å². The van der Waals surface area contributed by atoms with Crippen LogP contribution in [0.1, 0.15) is 32.1 Å². The molecular formula is C11H19F3N2O2. The van der Waals surface area contributed by atoms with E-state index in [1.807, 2.05) is 0 Å². The minimum atomic E-state index is -4.46. The number of halogens is 3. The van der Waals surface area contributed by atoms with Gasteiger partial charge in [0.25, 0.3) is 0 Å². The van der Waals surface area contributed by atoms with Crippen LogP contribution in [0.2, 0.25) is 0 Å². The third-order valence-corrected chi connectivity index (χ3v) is 3.20. The highest BCUT2D eigenvalue weighted by Crippen LogP contribution is 2.30. The molecule has 0 unspecified atom stereocenters. The lowest BCUT2D eigenvalue weighted by Crippen LogP contribution is -2.47. The quantitative estimate of drug-likeness (QED) is 0.782. The SMILES string of the molecule is NC1(CC(=O)N(CCO)CC(F)(F)F)CCCC1. The second kappa shape index (κ2) is 5.88. The maximum Gasteiger partial charge on any atom is 0.406 e. The van der Waals surface area contributed by atoms with Gasteiger partial charge in [0.2, 0.25) is 5.91 Å². The highest BCUT2D eigenvalue weighted by molar-refractivity contribution is 5.77. The van der Waals surface area contributed by atoms with E-state index in [9.17, 15) is 18.0 Å². The largest absolute Gasteiger partial charge is 0.406 e. The lowest BCUT2D eigenvalue weighted by atomic mass is 9.94. The molecule has 0 spiro atoms. The van der Waals surface area contributed by atoms with Gasteiger partial charge in [-0.1, -0.05) is 12.8 Å². The molecule has 1 aliphatic rings. The number of aliphatic hydroxyl groups excluding tert-OH is 1. The topological polar surface area (TPSA) is 66.6 Å². The smallest absolute Gasteiger partial charge is 0.395 e. The Kier molecular flexibility index (Phi) is 4.98. The normalized spacial score (nSPS) is 18.9. The summed E-state index contributed by atoms with van der Waals surface area (Å²) in [4.78, 5) is 12.4. The van der Waals surface area contributed by atoms with Crippen LogP contribution in [-0.4, -0.2) is 47.3 Å². The van der Waals surface area contributed by atoms with Gasteiger partial charge in [0.1, 0.15) is 6.54 Å². The van der Waals surface area contributed by atoms with Crippen LogP contribution in [0.25, 0.3) is 0 Å². The van der Waals surface area contributed by atoms with Crippen molar-refractivity contribution >= 4 is 5.91 Å². The van der Waals surface area contributed by atoms with Crippen molar-refractivity contribution in [3.63, 3.8) is 0 Å². The van der Waals surface area contributed by atoms with E-state index in [2.05, 4.69) is 0 Å². The Morgan fingerprint density at radius 2 is 1.89 bits per heavy atom. The fourth-order valence-corrected chi connectivity index (χ4v) is 2.30. The predicted octanol–water partition coefficient (Wildman–Crippen LogP) is 1.03. The molecule has 0 saturated heterocycles. The van der Waals surface area contributed by atoms with Crippen LogP contribution in [0.4, 0.5) is 13.2 Å². The molecule has 0 aromatic rings. The summed E-state index contributed by atoms with van der Waals surface area (Å²) in [6, 6.07) is 0. The first kappa shape index (κ1) is 15.2. The van der Waals surface area contributed by atoms with Crippen molar-refractivity contribution in [1.82, 2.24) is 4.90 Å². The van der Waals surface area contributed by atoms with E-state index in [1.165, 1.54) is 0 Å². The zero-order chi connectivity index (χ0) is 13.8. The number of nitrogens with two attached hydrogens (primary N) is 1. The van der Waals surface area contributed by atoms with Gasteiger partial charge in [-0.3, -0.25) is 4.79 Å². The molecule has 4 nitrogen and oxygen atoms in total. The molecule has 0 heterocycles. The molecule has 1 rings (SSSR count). The van der Waals surface area contributed by atoms with Gasteiger partial charge in [-0.05, 0) is 12.8 Å². The fraction of sp³-hybridized carbons (Fsp3) is 0.909. The van der Waals surface area contributed by atoms with Gasteiger partial charge < -0.3 is 15.7 Å². The molecule has 7 heteroatoms. The highest BCUT2D eigenvalue weighted by atomic mass is 19.4. The van der Waals surface area contributed by atoms with Gasteiger partial charge in [-0.2, -0.15) is 13.2 Å². The van der Waals surface area contributed by atoms with Crippen LogP contribution in [0.5, 0.6) is 0 Å². The Labute approximate surface area is 104 Å². The molecule has 0 atom stereocenters. The van der Waals surface area contributed by atoms with Crippen molar-refractivity contribution in [2.75, 3.05) is 19.7 Å². The molecule has 1 saturated carbocycles. The van der Waals surface area contributed by atoms with Crippen LogP contribution in [0, 0.1) is 0 Å². The van der Waals surface area contributed by atoms with Crippen LogP contribution >= 0.6 is 0 Å². The van der Waals surface area contributed by atoms with Crippen molar-refractivity contribution < 1.29 is 23.1 Å². The fourth-order valence-electron chi connectivity index (χ4n) is 2.30. The van der Waals surface area contributed by atoms with Gasteiger partial charge in [0.15, 0.2) is 0 Å². The highest BCUT2D eigenvalue weighted by Gasteiger charge is 2.37. The van der Waals surface area contributed by atoms with Gasteiger partial charge in [0, 0.05) is 18.5 Å². The molecule has 3 N–H and O–H groups in total. The number of aliphatic hydroxyl groups is 1. The van der Waals surface area contributed by atoms with E-state index in [0.29, 0.717) is 17.7 Å². The van der Waals surface area contributed by atoms with E-state index in [1.54, 1.807) is 0 Å². The van der Waals surface area contributed by atoms with Crippen molar-refractivity contribution in [3.05, 3.63) is 0 Å². The second-order valence-electron chi connectivity index (χ2n) is 4.90. The van der Waals surface area contributed by atoms with E-state index < -0.39 is 30.8 Å². The summed E-state index contributed by atoms with van der Waals surface area (Å²) in [5.74, 6) is -0.634. The number of amides is 1. The predicted molar refractivity (Wildman–Crippen MR) is 59.7 cm³/mol. The molecule has 1 amide bonds. The number of rotatable bonds is 5. The third kappa shape index (κ3) is 4.81. The first-order valence-electron chi connectivity index (χ1n) is 6.00. The molecule has 0 aliphatic heterocycles. The molecular weight excluding hydrogens is 249 g/mol. The Hall–Kier alpha value is -0.820. The number of alkyl halides is 3. The Morgan fingerprint density at radius 1 is 1.33 bits per heavy atom. The minimum Gasteiger partial charge on any atom is -0.395 e. The number of nitrogens with zero attached hydrogens (tertiary/aromatic N) is 1. The van der Waals surface area contributed by atoms with Crippen LogP contribution < -0.4 is 5.73 Å². The van der Waals surface area contributed by atoms with Crippen LogP contribution in [-0.2, 0) is 4.79 Å². The maximum atomic E-state index is 12.3. The van der Waals surface area contributed by atoms with Gasteiger partial charge in [-0.15, -0.1) is 0 Å². The molecule has 18 heavy (non-hydrogen) atoms. The summed E-state index contributed by atoms with van der Waals surface area (Å²) >= 11 is 0. The summed E-state index contributed by atoms with van der Waals surface area (Å²) in [7, 11) is 0. The summed E-state index contributed by atoms with van der Waals surface area (Å²) in [5, 5.41) is 8.71.